The third-order valence-electron chi connectivity index (χ3n) is 4.79. The minimum absolute atomic E-state index is 0.0697. The lowest BCUT2D eigenvalue weighted by Crippen LogP contribution is -2.31. The minimum Gasteiger partial charge on any atom is -0.361 e. The van der Waals surface area contributed by atoms with Crippen molar-refractivity contribution in [3.63, 3.8) is 0 Å². The Morgan fingerprint density at radius 1 is 1.19 bits per heavy atom. The normalized spacial score (nSPS) is 17.0. The van der Waals surface area contributed by atoms with Crippen molar-refractivity contribution in [3.05, 3.63) is 58.9 Å². The number of nitrogens with zero attached hydrogens (tertiary/aromatic N) is 3. The predicted molar refractivity (Wildman–Crippen MR) is 90.9 cm³/mol. The molecule has 1 saturated heterocycles. The Balaban J connectivity index is 1.60. The fourth-order valence-corrected chi connectivity index (χ4v) is 3.55. The first-order valence-electron chi connectivity index (χ1n) is 8.51. The molecule has 7 heteroatoms. The Hall–Kier alpha value is -2.96. The summed E-state index contributed by atoms with van der Waals surface area (Å²) in [6, 6.07) is 7.39. The molecule has 0 radical (unpaired) electrons. The van der Waals surface area contributed by atoms with Crippen LogP contribution in [0.1, 0.15) is 46.4 Å². The van der Waals surface area contributed by atoms with Gasteiger partial charge in [-0.05, 0) is 51.0 Å². The molecule has 26 heavy (non-hydrogen) atoms. The zero-order chi connectivity index (χ0) is 18.3. The molecular formula is C19H18FN3O3. The zero-order valence-corrected chi connectivity index (χ0v) is 14.5. The fraction of sp³-hybridized carbons (Fsp3) is 0.316. The van der Waals surface area contributed by atoms with Crippen LogP contribution in [-0.4, -0.2) is 27.7 Å². The second-order valence-corrected chi connectivity index (χ2v) is 6.48. The van der Waals surface area contributed by atoms with Crippen LogP contribution in [0.4, 0.5) is 4.39 Å². The van der Waals surface area contributed by atoms with Gasteiger partial charge in [-0.3, -0.25) is 4.79 Å². The van der Waals surface area contributed by atoms with Crippen LogP contribution in [0, 0.1) is 19.7 Å². The Morgan fingerprint density at radius 2 is 1.96 bits per heavy atom. The fourth-order valence-electron chi connectivity index (χ4n) is 3.55. The average Bonchev–Trinajstić information content (AvgIpc) is 3.35. The molecule has 0 N–H and O–H groups in total. The summed E-state index contributed by atoms with van der Waals surface area (Å²) in [7, 11) is 0. The van der Waals surface area contributed by atoms with Crippen molar-refractivity contribution < 1.29 is 18.2 Å². The van der Waals surface area contributed by atoms with Gasteiger partial charge in [-0.15, -0.1) is 0 Å². The summed E-state index contributed by atoms with van der Waals surface area (Å²) in [5.74, 6) is 0.648. The van der Waals surface area contributed by atoms with Gasteiger partial charge in [0, 0.05) is 23.7 Å². The Labute approximate surface area is 149 Å². The van der Waals surface area contributed by atoms with Gasteiger partial charge < -0.3 is 13.9 Å². The van der Waals surface area contributed by atoms with Crippen LogP contribution in [0.25, 0.3) is 11.3 Å². The monoisotopic (exact) mass is 355 g/mol. The van der Waals surface area contributed by atoms with Crippen LogP contribution >= 0.6 is 0 Å². The molecule has 2 aromatic heterocycles. The molecule has 0 saturated carbocycles. The average molecular weight is 355 g/mol. The van der Waals surface area contributed by atoms with Crippen LogP contribution in [0.15, 0.2) is 39.4 Å². The molecule has 1 aliphatic rings. The molecule has 0 spiro atoms. The van der Waals surface area contributed by atoms with E-state index in [9.17, 15) is 9.18 Å². The number of benzene rings is 1. The van der Waals surface area contributed by atoms with E-state index in [1.54, 1.807) is 23.1 Å². The maximum atomic E-state index is 13.1. The van der Waals surface area contributed by atoms with Crippen molar-refractivity contribution in [2.45, 2.75) is 32.7 Å². The standard InChI is InChI=1S/C19H18FN3O3/c1-11-18(12(2)25-21-11)16-4-3-9-23(16)19(24)15-10-17(26-22-15)13-5-7-14(20)8-6-13/h5-8,10,16H,3-4,9H2,1-2H3. The number of halogens is 1. The molecule has 1 atom stereocenters. The number of carbonyl (C=O) groups is 1. The highest BCUT2D eigenvalue weighted by molar-refractivity contribution is 5.93. The first-order chi connectivity index (χ1) is 12.5. The number of aryl methyl sites for hydroxylation is 2. The van der Waals surface area contributed by atoms with Crippen LogP contribution in [0.5, 0.6) is 0 Å². The summed E-state index contributed by atoms with van der Waals surface area (Å²) in [5.41, 5.74) is 2.68. The second kappa shape index (κ2) is 6.40. The molecule has 1 aromatic carbocycles. The summed E-state index contributed by atoms with van der Waals surface area (Å²) < 4.78 is 23.6. The van der Waals surface area contributed by atoms with Gasteiger partial charge in [0.15, 0.2) is 11.5 Å². The van der Waals surface area contributed by atoms with Crippen molar-refractivity contribution >= 4 is 5.91 Å². The van der Waals surface area contributed by atoms with Crippen molar-refractivity contribution in [3.8, 4) is 11.3 Å². The van der Waals surface area contributed by atoms with Crippen molar-refractivity contribution in [1.82, 2.24) is 15.2 Å². The largest absolute Gasteiger partial charge is 0.361 e. The van der Waals surface area contributed by atoms with E-state index in [0.29, 0.717) is 17.9 Å². The molecule has 134 valence electrons. The van der Waals surface area contributed by atoms with Gasteiger partial charge in [0.05, 0.1) is 11.7 Å². The molecule has 1 unspecified atom stereocenters. The number of likely N-dealkylation sites (tertiary alicyclic amines) is 1. The van der Waals surface area contributed by atoms with E-state index in [1.807, 2.05) is 13.8 Å². The molecule has 1 aliphatic heterocycles. The number of rotatable bonds is 3. The molecular weight excluding hydrogens is 337 g/mol. The van der Waals surface area contributed by atoms with E-state index < -0.39 is 0 Å². The number of aromatic nitrogens is 2. The van der Waals surface area contributed by atoms with Gasteiger partial charge in [-0.25, -0.2) is 4.39 Å². The molecule has 1 fully saturated rings. The Bertz CT molecular complexity index is 926. The molecule has 0 aliphatic carbocycles. The second-order valence-electron chi connectivity index (χ2n) is 6.48. The maximum Gasteiger partial charge on any atom is 0.276 e. The van der Waals surface area contributed by atoms with Crippen LogP contribution in [0.3, 0.4) is 0 Å². The van der Waals surface area contributed by atoms with Crippen molar-refractivity contribution in [2.24, 2.45) is 0 Å². The molecule has 6 nitrogen and oxygen atoms in total. The quantitative estimate of drug-likeness (QED) is 0.708. The Morgan fingerprint density at radius 3 is 2.65 bits per heavy atom. The van der Waals surface area contributed by atoms with E-state index in [-0.39, 0.29) is 23.5 Å². The number of amides is 1. The molecule has 1 amide bonds. The van der Waals surface area contributed by atoms with Gasteiger partial charge in [0.2, 0.25) is 0 Å². The van der Waals surface area contributed by atoms with Gasteiger partial charge in [0.25, 0.3) is 5.91 Å². The minimum atomic E-state index is -0.330. The van der Waals surface area contributed by atoms with Gasteiger partial charge >= 0.3 is 0 Å². The third-order valence-corrected chi connectivity index (χ3v) is 4.79. The predicted octanol–water partition coefficient (Wildman–Crippen LogP) is 4.06. The highest BCUT2D eigenvalue weighted by Crippen LogP contribution is 2.36. The highest BCUT2D eigenvalue weighted by Gasteiger charge is 2.35. The summed E-state index contributed by atoms with van der Waals surface area (Å²) in [4.78, 5) is 14.8. The number of hydrogen-bond donors (Lipinski definition) is 0. The molecule has 3 aromatic rings. The third kappa shape index (κ3) is 2.79. The number of hydrogen-bond acceptors (Lipinski definition) is 5. The topological polar surface area (TPSA) is 72.4 Å². The smallest absolute Gasteiger partial charge is 0.276 e. The van der Waals surface area contributed by atoms with Crippen LogP contribution in [0.2, 0.25) is 0 Å². The van der Waals surface area contributed by atoms with E-state index in [2.05, 4.69) is 10.3 Å². The number of carbonyl (C=O) groups excluding carboxylic acids is 1. The first kappa shape index (κ1) is 16.5. The van der Waals surface area contributed by atoms with E-state index >= 15 is 0 Å². The van der Waals surface area contributed by atoms with Crippen molar-refractivity contribution in [1.29, 1.82) is 0 Å². The van der Waals surface area contributed by atoms with Crippen LogP contribution in [-0.2, 0) is 0 Å². The van der Waals surface area contributed by atoms with E-state index in [4.69, 9.17) is 9.05 Å². The lowest BCUT2D eigenvalue weighted by molar-refractivity contribution is 0.0724. The lowest BCUT2D eigenvalue weighted by atomic mass is 10.0. The van der Waals surface area contributed by atoms with Crippen LogP contribution < -0.4 is 0 Å². The maximum absolute atomic E-state index is 13.1. The lowest BCUT2D eigenvalue weighted by Gasteiger charge is -2.23. The van der Waals surface area contributed by atoms with Gasteiger partial charge in [-0.1, -0.05) is 10.3 Å². The summed E-state index contributed by atoms with van der Waals surface area (Å²) >= 11 is 0. The molecule has 3 heterocycles. The summed E-state index contributed by atoms with van der Waals surface area (Å²) in [6.45, 7) is 4.39. The van der Waals surface area contributed by atoms with Gasteiger partial charge in [0.1, 0.15) is 11.6 Å². The molecule has 4 rings (SSSR count). The molecule has 0 bridgehead atoms. The zero-order valence-electron chi connectivity index (χ0n) is 14.5. The summed E-state index contributed by atoms with van der Waals surface area (Å²) in [6.07, 6.45) is 1.76. The van der Waals surface area contributed by atoms with Gasteiger partial charge in [-0.2, -0.15) is 0 Å². The Kier molecular flexibility index (Phi) is 4.06. The van der Waals surface area contributed by atoms with Crippen molar-refractivity contribution in [2.75, 3.05) is 6.54 Å². The van der Waals surface area contributed by atoms with E-state index in [0.717, 1.165) is 29.9 Å². The summed E-state index contributed by atoms with van der Waals surface area (Å²) in [5, 5.41) is 7.92. The van der Waals surface area contributed by atoms with E-state index in [1.165, 1.54) is 12.1 Å². The highest BCUT2D eigenvalue weighted by atomic mass is 19.1. The first-order valence-corrected chi connectivity index (χ1v) is 8.51. The SMILES string of the molecule is Cc1noc(C)c1C1CCCN1C(=O)c1cc(-c2ccc(F)cc2)on1.